The molecule has 1 N–H and O–H groups in total. The molecule has 2 saturated carbocycles. The molecule has 10 aromatic rings. The number of nitrogens with zero attached hydrogens (tertiary/aromatic N) is 3. The number of phenolic OH excluding ortho intramolecular Hbond substituents is 1. The minimum absolute atomic E-state index is 0. The molecule has 2 aliphatic carbocycles. The van der Waals surface area contributed by atoms with E-state index in [-0.39, 0.29) is 44.1 Å². The molecule has 2 fully saturated rings. The van der Waals surface area contributed by atoms with Crippen molar-refractivity contribution < 1.29 is 31.7 Å². The summed E-state index contributed by atoms with van der Waals surface area (Å²) < 4.78 is 39.3. The number of pyridine rings is 1. The largest absolute Gasteiger partial charge is 0.507 e. The van der Waals surface area contributed by atoms with Crippen molar-refractivity contribution >= 4 is 11.0 Å². The Morgan fingerprint density at radius 3 is 1.80 bits per heavy atom. The molecule has 0 atom stereocenters. The van der Waals surface area contributed by atoms with E-state index in [9.17, 15) is 7.85 Å². The number of hydrogen-bond acceptors (Lipinski definition) is 3. The van der Waals surface area contributed by atoms with E-state index in [0.29, 0.717) is 22.5 Å². The number of fused-ring (bicyclic) bond motifs is 1. The molecule has 2 aliphatic rings. The van der Waals surface area contributed by atoms with Gasteiger partial charge in [0.05, 0.1) is 22.3 Å². The number of phenols is 1. The van der Waals surface area contributed by atoms with Gasteiger partial charge in [-0.05, 0) is 105 Å². The molecule has 0 amide bonds. The van der Waals surface area contributed by atoms with Gasteiger partial charge in [-0.25, -0.2) is 4.98 Å². The van der Waals surface area contributed by atoms with E-state index in [1.165, 1.54) is 0 Å². The van der Waals surface area contributed by atoms with Crippen LogP contribution in [0.1, 0.15) is 94.3 Å². The Bertz CT molecular complexity index is 3820. The van der Waals surface area contributed by atoms with Crippen LogP contribution in [0.4, 0.5) is 0 Å². The summed E-state index contributed by atoms with van der Waals surface area (Å²) in [4.78, 5) is 10.6. The van der Waals surface area contributed by atoms with E-state index >= 15 is 0 Å². The van der Waals surface area contributed by atoms with E-state index in [4.69, 9.17) is 12.7 Å². The summed E-state index contributed by atoms with van der Waals surface area (Å²) in [6.45, 7) is 6.65. The minimum Gasteiger partial charge on any atom is -0.507 e. The number of para-hydroxylation sites is 2. The molecule has 5 heteroatoms. The molecule has 0 spiro atoms. The van der Waals surface area contributed by atoms with Gasteiger partial charge in [-0.2, -0.15) is 0 Å². The third kappa shape index (κ3) is 10.4. The van der Waals surface area contributed by atoms with Crippen LogP contribution in [0.25, 0.3) is 95.0 Å². The second-order valence-corrected chi connectivity index (χ2v) is 21.4. The molecular weight excluding hydrogens is 1090 g/mol. The molecule has 0 aliphatic heterocycles. The zero-order valence-electron chi connectivity index (χ0n) is 46.9. The van der Waals surface area contributed by atoms with Crippen molar-refractivity contribution in [1.29, 1.82) is 0 Å². The maximum Gasteiger partial charge on any atom is 0.148 e. The van der Waals surface area contributed by atoms with Gasteiger partial charge in [0.15, 0.2) is 0 Å². The number of hydrogen-bond donors (Lipinski definition) is 1. The van der Waals surface area contributed by atoms with Gasteiger partial charge in [0.1, 0.15) is 11.6 Å². The van der Waals surface area contributed by atoms with E-state index in [1.807, 2.05) is 115 Å². The molecule has 0 bridgehead atoms. The molecule has 0 radical (unpaired) electrons. The van der Waals surface area contributed by atoms with Crippen LogP contribution in [0.3, 0.4) is 0 Å². The monoisotopic (exact) mass is 1160 g/mol. The van der Waals surface area contributed by atoms with Crippen molar-refractivity contribution in [3.05, 3.63) is 217 Å². The van der Waals surface area contributed by atoms with E-state index in [2.05, 4.69) is 110 Å². The zero-order valence-corrected chi connectivity index (χ0v) is 45.2. The average Bonchev–Trinajstić information content (AvgIpc) is 4.44. The molecule has 8 aromatic carbocycles. The summed E-state index contributed by atoms with van der Waals surface area (Å²) in [7, 11) is 0. The van der Waals surface area contributed by atoms with Gasteiger partial charge in [0, 0.05) is 49.6 Å². The van der Waals surface area contributed by atoms with E-state index < -0.39 is 12.7 Å². The predicted molar refractivity (Wildman–Crippen MR) is 307 cm³/mol. The number of benzene rings is 8. The Hall–Kier alpha value is -7.13. The SMILES string of the molecule is [2H]C([2H])(c1ccc(-c2ccnc(-c3[c-]c(-c4cccc5c4nc(-c4cccc(-c6ccccc6-c6ccccc6)c4O)n5-c4ccc(C([2H])([2H])C5CCCC5)cc4-c4ccccc4)cc(C(C)(C)C)c3)c2)cc1)C1CCCC1.[Pt]. The Labute approximate surface area is 463 Å². The topological polar surface area (TPSA) is 50.9 Å². The van der Waals surface area contributed by atoms with Crippen molar-refractivity contribution in [2.45, 2.75) is 90.3 Å². The van der Waals surface area contributed by atoms with E-state index in [0.717, 1.165) is 141 Å². The molecule has 2 heterocycles. The third-order valence-electron chi connectivity index (χ3n) is 15.3. The van der Waals surface area contributed by atoms with Crippen LogP contribution in [0.15, 0.2) is 194 Å². The standard InChI is InChI=1S/C70H64N3O.Pt/c1-70(2,3)57-44-55(43-56(45-57)64-46-54(38-39-71-64)51-35-32-49(33-36-51)40-47-18-10-11-19-47)59-28-17-31-66-67(59)72-69(62-30-16-29-61(68(62)74)60-27-15-14-26-58(60)52-22-6-4-7-23-52)73(66)65-37-34-50(41-48-20-12-13-21-48)42-63(65)53-24-8-5-9-25-53;/h4-9,14-17,22-39,42,44-48,74H,10-13,18-21,40-41H2,1-3H3;/q-1;/i40D2,41D2;. The van der Waals surface area contributed by atoms with Gasteiger partial charge >= 0.3 is 0 Å². The number of imidazole rings is 1. The fourth-order valence-electron chi connectivity index (χ4n) is 11.4. The van der Waals surface area contributed by atoms with Crippen molar-refractivity contribution in [2.75, 3.05) is 0 Å². The summed E-state index contributed by atoms with van der Waals surface area (Å²) in [5.41, 5.74) is 15.9. The average molecular weight is 1160 g/mol. The van der Waals surface area contributed by atoms with Gasteiger partial charge < -0.3 is 5.11 Å². The first-order valence-electron chi connectivity index (χ1n) is 28.6. The van der Waals surface area contributed by atoms with Crippen LogP contribution < -0.4 is 0 Å². The Kier molecular flexibility index (Phi) is 13.0. The number of aromatic nitrogens is 3. The van der Waals surface area contributed by atoms with Gasteiger partial charge in [0.2, 0.25) is 0 Å². The van der Waals surface area contributed by atoms with Crippen molar-refractivity contribution in [2.24, 2.45) is 11.8 Å². The second kappa shape index (κ2) is 21.6. The van der Waals surface area contributed by atoms with Crippen LogP contribution >= 0.6 is 0 Å². The molecule has 0 saturated heterocycles. The fraction of sp³-hybridized carbons (Fsp3) is 0.229. The first-order chi connectivity index (χ1) is 37.7. The van der Waals surface area contributed by atoms with Crippen LogP contribution in [-0.4, -0.2) is 19.6 Å². The molecule has 12 rings (SSSR count). The molecule has 2 aromatic heterocycles. The van der Waals surface area contributed by atoms with E-state index in [1.54, 1.807) is 0 Å². The van der Waals surface area contributed by atoms with Crippen LogP contribution in [-0.2, 0) is 39.2 Å². The fourth-order valence-corrected chi connectivity index (χ4v) is 11.4. The Morgan fingerprint density at radius 1 is 0.533 bits per heavy atom. The number of aromatic hydroxyl groups is 1. The first kappa shape index (κ1) is 45.3. The quantitative estimate of drug-likeness (QED) is 0.124. The molecule has 376 valence electrons. The summed E-state index contributed by atoms with van der Waals surface area (Å²) in [5.74, 6) is 0.631. The normalized spacial score (nSPS) is 15.3. The molecular formula is C70H64N3OPt-. The third-order valence-corrected chi connectivity index (χ3v) is 15.3. The molecule has 75 heavy (non-hydrogen) atoms. The van der Waals surface area contributed by atoms with Crippen LogP contribution in [0.2, 0.25) is 0 Å². The Morgan fingerprint density at radius 2 is 1.11 bits per heavy atom. The van der Waals surface area contributed by atoms with Crippen molar-refractivity contribution in [3.63, 3.8) is 0 Å². The molecule has 0 unspecified atom stereocenters. The Balaban J connectivity index is 0.00000660. The first-order valence-corrected chi connectivity index (χ1v) is 26.6. The van der Waals surface area contributed by atoms with Crippen molar-refractivity contribution in [1.82, 2.24) is 14.5 Å². The summed E-state index contributed by atoms with van der Waals surface area (Å²) in [6.07, 6.45) is 6.80. The summed E-state index contributed by atoms with van der Waals surface area (Å²) in [5, 5.41) is 12.9. The van der Waals surface area contributed by atoms with Gasteiger partial charge in [-0.3, -0.25) is 9.55 Å². The van der Waals surface area contributed by atoms with Gasteiger partial charge in [-0.15, -0.1) is 29.3 Å². The zero-order chi connectivity index (χ0) is 53.8. The molecule has 4 nitrogen and oxygen atoms in total. The smallest absolute Gasteiger partial charge is 0.148 e. The minimum atomic E-state index is -1.53. The van der Waals surface area contributed by atoms with Crippen LogP contribution in [0.5, 0.6) is 5.75 Å². The van der Waals surface area contributed by atoms with Crippen molar-refractivity contribution in [3.8, 4) is 89.7 Å². The second-order valence-electron chi connectivity index (χ2n) is 21.4. The van der Waals surface area contributed by atoms with Gasteiger partial charge in [0.25, 0.3) is 0 Å². The van der Waals surface area contributed by atoms with Crippen LogP contribution in [0, 0.1) is 17.9 Å². The summed E-state index contributed by atoms with van der Waals surface area (Å²) >= 11 is 0. The summed E-state index contributed by atoms with van der Waals surface area (Å²) in [6, 6.07) is 67.2. The maximum atomic E-state index is 12.9. The maximum absolute atomic E-state index is 12.9. The number of rotatable bonds is 12. The predicted octanol–water partition coefficient (Wildman–Crippen LogP) is 18.4. The van der Waals surface area contributed by atoms with Gasteiger partial charge in [-0.1, -0.05) is 229 Å².